The van der Waals surface area contributed by atoms with Crippen molar-refractivity contribution in [3.63, 3.8) is 0 Å². The van der Waals surface area contributed by atoms with E-state index in [1.165, 1.54) is 24.3 Å². The van der Waals surface area contributed by atoms with Crippen LogP contribution in [-0.2, 0) is 15.8 Å². The van der Waals surface area contributed by atoms with Crippen LogP contribution >= 0.6 is 15.9 Å². The number of nitrogens with zero attached hydrogens (tertiary/aromatic N) is 2. The van der Waals surface area contributed by atoms with Crippen LogP contribution in [-0.4, -0.2) is 36.6 Å². The van der Waals surface area contributed by atoms with E-state index in [-0.39, 0.29) is 21.8 Å². The summed E-state index contributed by atoms with van der Waals surface area (Å²) in [7, 11) is -3.60. The van der Waals surface area contributed by atoms with Gasteiger partial charge in [0.2, 0.25) is 0 Å². The van der Waals surface area contributed by atoms with E-state index in [0.29, 0.717) is 10.5 Å². The van der Waals surface area contributed by atoms with Crippen LogP contribution in [0.2, 0.25) is 0 Å². The van der Waals surface area contributed by atoms with Crippen molar-refractivity contribution in [2.75, 3.05) is 6.26 Å². The molecular formula is C19H12BrF7N2O2S. The van der Waals surface area contributed by atoms with Crippen LogP contribution in [0.1, 0.15) is 5.69 Å². The number of sulfone groups is 1. The molecule has 0 saturated carbocycles. The molecule has 1 heterocycles. The summed E-state index contributed by atoms with van der Waals surface area (Å²) in [6, 6.07) is 10.8. The Balaban J connectivity index is 2.22. The first-order valence-corrected chi connectivity index (χ1v) is 11.2. The lowest BCUT2D eigenvalue weighted by Crippen LogP contribution is -2.50. The molecule has 0 N–H and O–H groups in total. The van der Waals surface area contributed by atoms with E-state index in [0.717, 1.165) is 35.2 Å². The number of halogens is 8. The van der Waals surface area contributed by atoms with E-state index < -0.39 is 33.6 Å². The molecule has 0 radical (unpaired) electrons. The predicted molar refractivity (Wildman–Crippen MR) is 105 cm³/mol. The SMILES string of the molecule is CS(=O)(=O)c1ccc(-n2nc(C(F)(F)C(F)(F)C(F)(F)F)cc2-c2ccc(Br)cc2)cc1. The third-order valence-electron chi connectivity index (χ3n) is 4.43. The van der Waals surface area contributed by atoms with Gasteiger partial charge in [0.1, 0.15) is 5.69 Å². The zero-order chi connectivity index (χ0) is 24.1. The second kappa shape index (κ2) is 7.87. The van der Waals surface area contributed by atoms with Crippen LogP contribution in [0, 0.1) is 0 Å². The van der Waals surface area contributed by atoms with Crippen molar-refractivity contribution in [1.82, 2.24) is 9.78 Å². The molecule has 0 unspecified atom stereocenters. The fourth-order valence-electron chi connectivity index (χ4n) is 2.73. The van der Waals surface area contributed by atoms with E-state index in [9.17, 15) is 39.2 Å². The number of rotatable bonds is 5. The van der Waals surface area contributed by atoms with Gasteiger partial charge in [0.15, 0.2) is 9.84 Å². The second-order valence-corrected chi connectivity index (χ2v) is 9.68. The topological polar surface area (TPSA) is 52.0 Å². The third-order valence-corrected chi connectivity index (χ3v) is 6.09. The van der Waals surface area contributed by atoms with Crippen molar-refractivity contribution in [3.05, 3.63) is 64.8 Å². The summed E-state index contributed by atoms with van der Waals surface area (Å²) in [4.78, 5) is -0.118. The minimum absolute atomic E-state index is 0.0345. The van der Waals surface area contributed by atoms with Gasteiger partial charge in [-0.2, -0.15) is 35.8 Å². The molecule has 32 heavy (non-hydrogen) atoms. The van der Waals surface area contributed by atoms with Crippen LogP contribution in [0.25, 0.3) is 16.9 Å². The zero-order valence-electron chi connectivity index (χ0n) is 15.8. The number of hydrogen-bond acceptors (Lipinski definition) is 3. The molecule has 3 aromatic rings. The maximum absolute atomic E-state index is 14.3. The van der Waals surface area contributed by atoms with Crippen molar-refractivity contribution in [1.29, 1.82) is 0 Å². The van der Waals surface area contributed by atoms with Gasteiger partial charge in [-0.1, -0.05) is 28.1 Å². The first-order chi connectivity index (χ1) is 14.6. The van der Waals surface area contributed by atoms with E-state index >= 15 is 0 Å². The normalized spacial score (nSPS) is 13.4. The first kappa shape index (κ1) is 24.2. The molecule has 0 saturated heterocycles. The minimum Gasteiger partial charge on any atom is -0.233 e. The largest absolute Gasteiger partial charge is 0.460 e. The molecule has 13 heteroatoms. The van der Waals surface area contributed by atoms with E-state index in [1.807, 2.05) is 0 Å². The molecular weight excluding hydrogens is 533 g/mol. The Hall–Kier alpha value is -2.41. The van der Waals surface area contributed by atoms with Gasteiger partial charge < -0.3 is 0 Å². The number of benzene rings is 2. The molecule has 0 aliphatic heterocycles. The van der Waals surface area contributed by atoms with Gasteiger partial charge in [-0.15, -0.1) is 0 Å². The highest BCUT2D eigenvalue weighted by atomic mass is 79.9. The van der Waals surface area contributed by atoms with Crippen molar-refractivity contribution in [2.45, 2.75) is 22.9 Å². The van der Waals surface area contributed by atoms with E-state index in [4.69, 9.17) is 0 Å². The minimum atomic E-state index is -6.52. The Kier molecular flexibility index (Phi) is 5.96. The van der Waals surface area contributed by atoms with Gasteiger partial charge in [-0.05, 0) is 42.5 Å². The number of alkyl halides is 7. The average molecular weight is 545 g/mol. The molecule has 172 valence electrons. The molecule has 3 rings (SSSR count). The average Bonchev–Trinajstić information content (AvgIpc) is 3.13. The summed E-state index contributed by atoms with van der Waals surface area (Å²) in [6.45, 7) is 0. The molecule has 4 nitrogen and oxygen atoms in total. The van der Waals surface area contributed by atoms with Crippen LogP contribution in [0.3, 0.4) is 0 Å². The van der Waals surface area contributed by atoms with Gasteiger partial charge in [-0.3, -0.25) is 0 Å². The van der Waals surface area contributed by atoms with Crippen LogP contribution < -0.4 is 0 Å². The predicted octanol–water partition coefficient (Wildman–Crippen LogP) is 5.99. The Morgan fingerprint density at radius 2 is 1.41 bits per heavy atom. The van der Waals surface area contributed by atoms with E-state index in [1.54, 1.807) is 0 Å². The highest BCUT2D eigenvalue weighted by molar-refractivity contribution is 9.10. The second-order valence-electron chi connectivity index (χ2n) is 6.75. The van der Waals surface area contributed by atoms with Gasteiger partial charge >= 0.3 is 18.0 Å². The molecule has 0 fully saturated rings. The molecule has 0 spiro atoms. The molecule has 0 bridgehead atoms. The molecule has 1 aromatic heterocycles. The summed E-state index contributed by atoms with van der Waals surface area (Å²) in [5, 5.41) is 3.35. The molecule has 0 atom stereocenters. The Labute approximate surface area is 185 Å². The van der Waals surface area contributed by atoms with Crippen molar-refractivity contribution in [2.24, 2.45) is 0 Å². The maximum Gasteiger partial charge on any atom is 0.460 e. The highest BCUT2D eigenvalue weighted by Crippen LogP contribution is 2.52. The van der Waals surface area contributed by atoms with Crippen LogP contribution in [0.5, 0.6) is 0 Å². The van der Waals surface area contributed by atoms with Crippen LogP contribution in [0.15, 0.2) is 64.0 Å². The maximum atomic E-state index is 14.3. The smallest absolute Gasteiger partial charge is 0.233 e. The van der Waals surface area contributed by atoms with Crippen molar-refractivity contribution >= 4 is 25.8 Å². The summed E-state index contributed by atoms with van der Waals surface area (Å²) < 4.78 is 118. The van der Waals surface area contributed by atoms with Gasteiger partial charge in [0, 0.05) is 16.3 Å². The Bertz CT molecular complexity index is 1240. The molecule has 0 aliphatic carbocycles. The summed E-state index contributed by atoms with van der Waals surface area (Å²) in [5.41, 5.74) is -1.86. The zero-order valence-corrected chi connectivity index (χ0v) is 18.2. The monoisotopic (exact) mass is 544 g/mol. The Morgan fingerprint density at radius 1 is 0.875 bits per heavy atom. The highest BCUT2D eigenvalue weighted by Gasteiger charge is 2.74. The number of aromatic nitrogens is 2. The summed E-state index contributed by atoms with van der Waals surface area (Å²) in [6.07, 6.45) is -5.59. The lowest BCUT2D eigenvalue weighted by atomic mass is 10.1. The lowest BCUT2D eigenvalue weighted by Gasteiger charge is -2.26. The molecule has 0 aliphatic rings. The van der Waals surface area contributed by atoms with E-state index in [2.05, 4.69) is 21.0 Å². The van der Waals surface area contributed by atoms with Gasteiger partial charge in [0.25, 0.3) is 0 Å². The first-order valence-electron chi connectivity index (χ1n) is 8.55. The summed E-state index contributed by atoms with van der Waals surface area (Å²) >= 11 is 3.17. The van der Waals surface area contributed by atoms with Crippen molar-refractivity contribution in [3.8, 4) is 16.9 Å². The quantitative estimate of drug-likeness (QED) is 0.370. The lowest BCUT2D eigenvalue weighted by molar-refractivity contribution is -0.360. The van der Waals surface area contributed by atoms with Gasteiger partial charge in [0.05, 0.1) is 16.3 Å². The number of hydrogen-bond donors (Lipinski definition) is 0. The fourth-order valence-corrected chi connectivity index (χ4v) is 3.63. The molecule has 2 aromatic carbocycles. The van der Waals surface area contributed by atoms with Crippen LogP contribution in [0.4, 0.5) is 30.7 Å². The standard InChI is InChI=1S/C19H12BrF7N2O2S/c1-32(30,31)14-8-6-13(7-9-14)29-15(11-2-4-12(20)5-3-11)10-16(28-29)17(21,22)18(23,24)19(25,26)27/h2-10H,1H3. The molecule has 0 amide bonds. The fraction of sp³-hybridized carbons (Fsp3) is 0.211. The third kappa shape index (κ3) is 4.27. The van der Waals surface area contributed by atoms with Crippen molar-refractivity contribution < 1.29 is 39.2 Å². The summed E-state index contributed by atoms with van der Waals surface area (Å²) in [5.74, 6) is -12.1. The van der Waals surface area contributed by atoms with Gasteiger partial charge in [-0.25, -0.2) is 13.1 Å². The Morgan fingerprint density at radius 3 is 1.88 bits per heavy atom.